The molecule has 1 heterocycles. The van der Waals surface area contributed by atoms with Gasteiger partial charge >= 0.3 is 6.09 Å². The molecule has 128 valence electrons. The van der Waals surface area contributed by atoms with Gasteiger partial charge in [-0.25, -0.2) is 4.79 Å². The largest absolute Gasteiger partial charge is 0.444 e. The van der Waals surface area contributed by atoms with Gasteiger partial charge < -0.3 is 9.64 Å². The monoisotopic (exact) mass is 358 g/mol. The summed E-state index contributed by atoms with van der Waals surface area (Å²) in [6, 6.07) is 5.88. The molecule has 0 saturated carbocycles. The molecule has 0 bridgehead atoms. The molecule has 1 atom stereocenters. The predicted molar refractivity (Wildman–Crippen MR) is 94.1 cm³/mol. The van der Waals surface area contributed by atoms with E-state index in [0.717, 1.165) is 25.1 Å². The van der Waals surface area contributed by atoms with E-state index in [1.165, 1.54) is 0 Å². The first kappa shape index (κ1) is 18.4. The number of hydrogen-bond donors (Lipinski definition) is 0. The molecular weight excluding hydrogens is 335 g/mol. The van der Waals surface area contributed by atoms with Crippen LogP contribution in [-0.4, -0.2) is 47.7 Å². The summed E-state index contributed by atoms with van der Waals surface area (Å²) in [6.45, 7) is 7.79. The highest BCUT2D eigenvalue weighted by Gasteiger charge is 2.31. The highest BCUT2D eigenvalue weighted by atomic mass is 35.5. The van der Waals surface area contributed by atoms with Crippen molar-refractivity contribution in [2.24, 2.45) is 0 Å². The first-order chi connectivity index (χ1) is 10.6. The molecule has 23 heavy (non-hydrogen) atoms. The van der Waals surface area contributed by atoms with Crippen LogP contribution < -0.4 is 0 Å². The molecule has 0 unspecified atom stereocenters. The quantitative estimate of drug-likeness (QED) is 0.800. The molecule has 0 spiro atoms. The van der Waals surface area contributed by atoms with Crippen LogP contribution in [0.25, 0.3) is 0 Å². The fourth-order valence-corrected chi connectivity index (χ4v) is 3.28. The Morgan fingerprint density at radius 2 is 1.91 bits per heavy atom. The number of nitrogens with zero attached hydrogens (tertiary/aromatic N) is 2. The zero-order chi connectivity index (χ0) is 17.2. The Hall–Kier alpha value is -0.970. The van der Waals surface area contributed by atoms with Crippen molar-refractivity contribution in [3.8, 4) is 0 Å². The third kappa shape index (κ3) is 5.55. The molecule has 1 amide bonds. The summed E-state index contributed by atoms with van der Waals surface area (Å²) in [4.78, 5) is 16.1. The lowest BCUT2D eigenvalue weighted by Crippen LogP contribution is -2.38. The van der Waals surface area contributed by atoms with Crippen LogP contribution in [0.4, 0.5) is 4.79 Å². The molecule has 2 rings (SSSR count). The van der Waals surface area contributed by atoms with Gasteiger partial charge in [0.25, 0.3) is 0 Å². The summed E-state index contributed by atoms with van der Waals surface area (Å²) in [7, 11) is 2.05. The highest BCUT2D eigenvalue weighted by Crippen LogP contribution is 2.23. The van der Waals surface area contributed by atoms with Gasteiger partial charge in [-0.2, -0.15) is 0 Å². The average molecular weight is 359 g/mol. The van der Waals surface area contributed by atoms with Crippen molar-refractivity contribution >= 4 is 29.3 Å². The van der Waals surface area contributed by atoms with Crippen LogP contribution in [0.1, 0.15) is 32.8 Å². The van der Waals surface area contributed by atoms with Crippen molar-refractivity contribution in [3.63, 3.8) is 0 Å². The lowest BCUT2D eigenvalue weighted by Gasteiger charge is -2.26. The maximum Gasteiger partial charge on any atom is 0.410 e. The van der Waals surface area contributed by atoms with E-state index in [4.69, 9.17) is 27.9 Å². The minimum Gasteiger partial charge on any atom is -0.444 e. The normalized spacial score (nSPS) is 18.6. The minimum atomic E-state index is -0.460. The summed E-state index contributed by atoms with van der Waals surface area (Å²) in [5.74, 6) is 0. The number of likely N-dealkylation sites (N-methyl/N-ethyl adjacent to an activating group) is 1. The van der Waals surface area contributed by atoms with E-state index >= 15 is 0 Å². The lowest BCUT2D eigenvalue weighted by molar-refractivity contribution is 0.0282. The minimum absolute atomic E-state index is 0.237. The smallest absolute Gasteiger partial charge is 0.410 e. The molecule has 0 aliphatic carbocycles. The summed E-state index contributed by atoms with van der Waals surface area (Å²) < 4.78 is 5.43. The molecule has 1 aromatic rings. The summed E-state index contributed by atoms with van der Waals surface area (Å²) in [5.41, 5.74) is 0.610. The average Bonchev–Trinajstić information content (AvgIpc) is 2.84. The Morgan fingerprint density at radius 1 is 1.30 bits per heavy atom. The van der Waals surface area contributed by atoms with Crippen molar-refractivity contribution in [3.05, 3.63) is 33.8 Å². The lowest BCUT2D eigenvalue weighted by atomic mass is 10.1. The third-order valence-electron chi connectivity index (χ3n) is 3.79. The SMILES string of the molecule is CN(Cc1cc(Cl)cc(Cl)c1)[C@H]1CCN(C(=O)OC(C)(C)C)C1. The maximum atomic E-state index is 12.1. The van der Waals surface area contributed by atoms with E-state index < -0.39 is 5.60 Å². The molecule has 1 aromatic carbocycles. The molecule has 6 heteroatoms. The molecule has 1 fully saturated rings. The molecule has 0 N–H and O–H groups in total. The van der Waals surface area contributed by atoms with E-state index in [-0.39, 0.29) is 6.09 Å². The van der Waals surface area contributed by atoms with Gasteiger partial charge in [0.2, 0.25) is 0 Å². The molecule has 1 aliphatic rings. The number of amides is 1. The number of carbonyl (C=O) groups is 1. The van der Waals surface area contributed by atoms with Crippen LogP contribution >= 0.6 is 23.2 Å². The Kier molecular flexibility index (Phi) is 5.82. The van der Waals surface area contributed by atoms with E-state index in [9.17, 15) is 4.79 Å². The topological polar surface area (TPSA) is 32.8 Å². The molecule has 1 aliphatic heterocycles. The third-order valence-corrected chi connectivity index (χ3v) is 4.23. The Balaban J connectivity index is 1.92. The van der Waals surface area contributed by atoms with Crippen LogP contribution in [0, 0.1) is 0 Å². The van der Waals surface area contributed by atoms with Gasteiger partial charge in [-0.1, -0.05) is 23.2 Å². The molecule has 1 saturated heterocycles. The summed E-state index contributed by atoms with van der Waals surface area (Å²) in [5, 5.41) is 1.28. The van der Waals surface area contributed by atoms with Gasteiger partial charge in [0.15, 0.2) is 0 Å². The van der Waals surface area contributed by atoms with Crippen molar-refractivity contribution in [1.82, 2.24) is 9.80 Å². The number of ether oxygens (including phenoxy) is 1. The maximum absolute atomic E-state index is 12.1. The Labute approximate surface area is 148 Å². The molecule has 0 radical (unpaired) electrons. The van der Waals surface area contributed by atoms with E-state index in [0.29, 0.717) is 22.6 Å². The number of rotatable bonds is 3. The zero-order valence-electron chi connectivity index (χ0n) is 14.1. The molecule has 4 nitrogen and oxygen atoms in total. The van der Waals surface area contributed by atoms with Crippen molar-refractivity contribution in [2.75, 3.05) is 20.1 Å². The Morgan fingerprint density at radius 3 is 2.48 bits per heavy atom. The predicted octanol–water partition coefficient (Wildman–Crippen LogP) is 4.43. The van der Waals surface area contributed by atoms with Crippen molar-refractivity contribution in [2.45, 2.75) is 45.4 Å². The number of hydrogen-bond acceptors (Lipinski definition) is 3. The van der Waals surface area contributed by atoms with E-state index in [2.05, 4.69) is 11.9 Å². The van der Waals surface area contributed by atoms with Crippen LogP contribution in [0.3, 0.4) is 0 Å². The fraction of sp³-hybridized carbons (Fsp3) is 0.588. The first-order valence-electron chi connectivity index (χ1n) is 7.77. The number of likely N-dealkylation sites (tertiary alicyclic amines) is 1. The second-order valence-corrected chi connectivity index (χ2v) is 7.93. The van der Waals surface area contributed by atoms with Crippen molar-refractivity contribution < 1.29 is 9.53 Å². The van der Waals surface area contributed by atoms with E-state index in [1.54, 1.807) is 11.0 Å². The number of carbonyl (C=O) groups excluding carboxylic acids is 1. The van der Waals surface area contributed by atoms with Crippen LogP contribution in [0.5, 0.6) is 0 Å². The first-order valence-corrected chi connectivity index (χ1v) is 8.53. The fourth-order valence-electron chi connectivity index (χ4n) is 2.71. The van der Waals surface area contributed by atoms with E-state index in [1.807, 2.05) is 32.9 Å². The van der Waals surface area contributed by atoms with Gasteiger partial charge in [0.1, 0.15) is 5.60 Å². The Bertz CT molecular complexity index is 552. The van der Waals surface area contributed by atoms with Crippen LogP contribution in [0.15, 0.2) is 18.2 Å². The standard InChI is InChI=1S/C17H24Cl2N2O2/c1-17(2,3)23-16(22)21-6-5-15(11-21)20(4)10-12-7-13(18)9-14(19)8-12/h7-9,15H,5-6,10-11H2,1-4H3/t15-/m0/s1. The zero-order valence-corrected chi connectivity index (χ0v) is 15.6. The second-order valence-electron chi connectivity index (χ2n) is 7.06. The van der Waals surface area contributed by atoms with Crippen molar-refractivity contribution in [1.29, 1.82) is 0 Å². The summed E-state index contributed by atoms with van der Waals surface area (Å²) >= 11 is 12.1. The van der Waals surface area contributed by atoms with Gasteiger partial charge in [0, 0.05) is 35.7 Å². The van der Waals surface area contributed by atoms with Gasteiger partial charge in [0.05, 0.1) is 0 Å². The molecule has 0 aromatic heterocycles. The van der Waals surface area contributed by atoms with Gasteiger partial charge in [-0.3, -0.25) is 4.90 Å². The number of benzene rings is 1. The molecular formula is C17H24Cl2N2O2. The summed E-state index contributed by atoms with van der Waals surface area (Å²) in [6.07, 6.45) is 0.698. The number of halogens is 2. The van der Waals surface area contributed by atoms with Gasteiger partial charge in [-0.05, 0) is 58.0 Å². The van der Waals surface area contributed by atoms with Gasteiger partial charge in [-0.15, -0.1) is 0 Å². The second kappa shape index (κ2) is 7.29. The van der Waals surface area contributed by atoms with Crippen LogP contribution in [0.2, 0.25) is 10.0 Å². The highest BCUT2D eigenvalue weighted by molar-refractivity contribution is 6.34. The van der Waals surface area contributed by atoms with Crippen LogP contribution in [-0.2, 0) is 11.3 Å².